The first-order chi connectivity index (χ1) is 11.2. The maximum absolute atomic E-state index is 12.4. The Balaban J connectivity index is 2.03. The smallest absolute Gasteiger partial charge is 0.339 e. The summed E-state index contributed by atoms with van der Waals surface area (Å²) in [6.07, 6.45) is 7.36. The Bertz CT molecular complexity index is 589. The first-order valence-corrected chi connectivity index (χ1v) is 8.70. The van der Waals surface area contributed by atoms with Crippen LogP contribution in [0.3, 0.4) is 0 Å². The third kappa shape index (κ3) is 5.41. The molecule has 1 aliphatic heterocycles. The van der Waals surface area contributed by atoms with Crippen LogP contribution >= 0.6 is 11.8 Å². The molecule has 4 heteroatoms. The summed E-state index contributed by atoms with van der Waals surface area (Å²) in [5, 5.41) is 3.91. The summed E-state index contributed by atoms with van der Waals surface area (Å²) in [5.74, 6) is -0.293. The first-order valence-electron chi connectivity index (χ1n) is 7.82. The van der Waals surface area contributed by atoms with Crippen LogP contribution in [0.2, 0.25) is 0 Å². The van der Waals surface area contributed by atoms with Gasteiger partial charge in [0.1, 0.15) is 6.61 Å². The molecule has 0 unspecified atom stereocenters. The maximum atomic E-state index is 12.4. The highest BCUT2D eigenvalue weighted by molar-refractivity contribution is 8.00. The minimum absolute atomic E-state index is 0.209. The number of carbonyl (C=O) groups excluding carboxylic acids is 1. The average molecular weight is 329 g/mol. The lowest BCUT2D eigenvalue weighted by atomic mass is 10.2. The average Bonchev–Trinajstić information content (AvgIpc) is 2.59. The maximum Gasteiger partial charge on any atom is 0.339 e. The molecule has 1 aromatic rings. The van der Waals surface area contributed by atoms with Crippen molar-refractivity contribution in [2.24, 2.45) is 0 Å². The van der Waals surface area contributed by atoms with E-state index in [0.29, 0.717) is 10.8 Å². The van der Waals surface area contributed by atoms with Gasteiger partial charge in [0.15, 0.2) is 0 Å². The summed E-state index contributed by atoms with van der Waals surface area (Å²) in [6, 6.07) is 7.66. The van der Waals surface area contributed by atoms with E-state index in [-0.39, 0.29) is 12.6 Å². The molecule has 0 spiro atoms. The van der Waals surface area contributed by atoms with Gasteiger partial charge in [-0.1, -0.05) is 43.5 Å². The summed E-state index contributed by atoms with van der Waals surface area (Å²) >= 11 is 1.78. The van der Waals surface area contributed by atoms with Crippen LogP contribution in [0.1, 0.15) is 23.2 Å². The molecule has 0 bridgehead atoms. The second-order valence-corrected chi connectivity index (χ2v) is 6.66. The molecular weight excluding hydrogens is 306 g/mol. The van der Waals surface area contributed by atoms with Crippen LogP contribution in [0.25, 0.3) is 0 Å². The molecule has 23 heavy (non-hydrogen) atoms. The molecule has 0 aliphatic carbocycles. The lowest BCUT2D eigenvalue weighted by Gasteiger charge is -2.22. The van der Waals surface area contributed by atoms with Gasteiger partial charge in [-0.05, 0) is 43.6 Å². The molecule has 0 atom stereocenters. The Morgan fingerprint density at radius 1 is 1.30 bits per heavy atom. The number of allylic oxidation sites excluding steroid dienone is 2. The molecule has 0 saturated carbocycles. The lowest BCUT2D eigenvalue weighted by Crippen LogP contribution is -2.29. The van der Waals surface area contributed by atoms with E-state index < -0.39 is 0 Å². The highest BCUT2D eigenvalue weighted by atomic mass is 32.2. The predicted molar refractivity (Wildman–Crippen MR) is 97.0 cm³/mol. The minimum atomic E-state index is -0.293. The molecule has 1 saturated heterocycles. The van der Waals surface area contributed by atoms with E-state index >= 15 is 0 Å². The number of thioether (sulfide) groups is 1. The molecule has 1 fully saturated rings. The molecule has 1 aliphatic rings. The highest BCUT2D eigenvalue weighted by Crippen LogP contribution is 2.31. The van der Waals surface area contributed by atoms with Crippen molar-refractivity contribution in [3.8, 4) is 0 Å². The van der Waals surface area contributed by atoms with Crippen molar-refractivity contribution >= 4 is 17.7 Å². The Morgan fingerprint density at radius 2 is 2.04 bits per heavy atom. The van der Waals surface area contributed by atoms with Gasteiger partial charge in [-0.25, -0.2) is 4.79 Å². The van der Waals surface area contributed by atoms with Crippen molar-refractivity contribution < 1.29 is 9.53 Å². The zero-order valence-electron chi connectivity index (χ0n) is 13.3. The number of carbonyl (C=O) groups is 1. The van der Waals surface area contributed by atoms with Gasteiger partial charge in [-0.2, -0.15) is 0 Å². The Morgan fingerprint density at radius 3 is 2.74 bits per heavy atom. The van der Waals surface area contributed by atoms with Crippen LogP contribution in [-0.4, -0.2) is 30.9 Å². The van der Waals surface area contributed by atoms with Crippen LogP contribution < -0.4 is 5.32 Å². The van der Waals surface area contributed by atoms with Crippen molar-refractivity contribution in [3.63, 3.8) is 0 Å². The van der Waals surface area contributed by atoms with Crippen molar-refractivity contribution in [3.05, 3.63) is 66.8 Å². The monoisotopic (exact) mass is 329 g/mol. The Labute approximate surface area is 142 Å². The normalized spacial score (nSPS) is 15.9. The summed E-state index contributed by atoms with van der Waals surface area (Å²) in [4.78, 5) is 13.4. The summed E-state index contributed by atoms with van der Waals surface area (Å²) in [6.45, 7) is 9.64. The zero-order valence-corrected chi connectivity index (χ0v) is 14.1. The van der Waals surface area contributed by atoms with Crippen molar-refractivity contribution in [2.45, 2.75) is 23.0 Å². The number of piperidine rings is 1. The Kier molecular flexibility index (Phi) is 7.17. The number of hydrogen-bond acceptors (Lipinski definition) is 4. The fourth-order valence-electron chi connectivity index (χ4n) is 2.38. The zero-order chi connectivity index (χ0) is 16.5. The Hall–Kier alpha value is -1.78. The lowest BCUT2D eigenvalue weighted by molar-refractivity contribution is 0.0539. The van der Waals surface area contributed by atoms with Crippen LogP contribution in [0.15, 0.2) is 66.1 Å². The standard InChI is InChI=1S/C19H23NO2S/c1-3-7-15(4-2)14-22-19(21)17-8-5-6-9-18(17)23-16-10-12-20-13-11-16/h3-9,16,20H,1-2,10-14H2/b15-7+. The van der Waals surface area contributed by atoms with E-state index in [9.17, 15) is 4.79 Å². The van der Waals surface area contributed by atoms with E-state index in [1.54, 1.807) is 30.0 Å². The minimum Gasteiger partial charge on any atom is -0.457 e. The molecule has 2 rings (SSSR count). The van der Waals surface area contributed by atoms with Crippen molar-refractivity contribution in [2.75, 3.05) is 19.7 Å². The van der Waals surface area contributed by atoms with Gasteiger partial charge >= 0.3 is 5.97 Å². The molecule has 0 aromatic heterocycles. The van der Waals surface area contributed by atoms with Gasteiger partial charge in [-0.3, -0.25) is 0 Å². The van der Waals surface area contributed by atoms with Crippen LogP contribution in [0.5, 0.6) is 0 Å². The van der Waals surface area contributed by atoms with Gasteiger partial charge in [-0.15, -0.1) is 11.8 Å². The SMILES string of the molecule is C=C/C=C(\C=C)COC(=O)c1ccccc1SC1CCNCC1. The second kappa shape index (κ2) is 9.38. The summed E-state index contributed by atoms with van der Waals surface area (Å²) in [5.41, 5.74) is 1.47. The number of nitrogens with one attached hydrogen (secondary N) is 1. The van der Waals surface area contributed by atoms with E-state index in [4.69, 9.17) is 4.74 Å². The van der Waals surface area contributed by atoms with Crippen LogP contribution in [0, 0.1) is 0 Å². The number of hydrogen-bond donors (Lipinski definition) is 1. The van der Waals surface area contributed by atoms with Crippen LogP contribution in [0.4, 0.5) is 0 Å². The largest absolute Gasteiger partial charge is 0.457 e. The van der Waals surface area contributed by atoms with Crippen molar-refractivity contribution in [1.29, 1.82) is 0 Å². The molecule has 1 aromatic carbocycles. The van der Waals surface area contributed by atoms with Crippen molar-refractivity contribution in [1.82, 2.24) is 5.32 Å². The quantitative estimate of drug-likeness (QED) is 0.606. The molecule has 0 amide bonds. The molecular formula is C19H23NO2S. The highest BCUT2D eigenvalue weighted by Gasteiger charge is 2.19. The molecule has 122 valence electrons. The second-order valence-electron chi connectivity index (χ2n) is 5.32. The molecule has 1 N–H and O–H groups in total. The van der Waals surface area contributed by atoms with Gasteiger partial charge in [0.25, 0.3) is 0 Å². The summed E-state index contributed by atoms with van der Waals surface area (Å²) in [7, 11) is 0. The topological polar surface area (TPSA) is 38.3 Å². The van der Waals surface area contributed by atoms with E-state index in [2.05, 4.69) is 18.5 Å². The third-order valence-electron chi connectivity index (χ3n) is 3.65. The predicted octanol–water partition coefficient (Wildman–Crippen LogP) is 3.99. The van der Waals surface area contributed by atoms with Gasteiger partial charge < -0.3 is 10.1 Å². The number of benzene rings is 1. The third-order valence-corrected chi connectivity index (χ3v) is 5.07. The fraction of sp³-hybridized carbons (Fsp3) is 0.316. The van der Waals surface area contributed by atoms with E-state index in [0.717, 1.165) is 36.4 Å². The summed E-state index contributed by atoms with van der Waals surface area (Å²) < 4.78 is 5.41. The fourth-order valence-corrected chi connectivity index (χ4v) is 3.65. The van der Waals surface area contributed by atoms with E-state index in [1.165, 1.54) is 0 Å². The van der Waals surface area contributed by atoms with E-state index in [1.807, 2.05) is 24.3 Å². The van der Waals surface area contributed by atoms with Gasteiger partial charge in [0, 0.05) is 10.1 Å². The van der Waals surface area contributed by atoms with Gasteiger partial charge in [0.05, 0.1) is 5.56 Å². The van der Waals surface area contributed by atoms with Gasteiger partial charge in [0.2, 0.25) is 0 Å². The number of rotatable bonds is 7. The molecule has 3 nitrogen and oxygen atoms in total. The van der Waals surface area contributed by atoms with Crippen LogP contribution in [-0.2, 0) is 4.74 Å². The number of esters is 1. The molecule has 0 radical (unpaired) electrons. The number of ether oxygens (including phenoxy) is 1. The first kappa shape index (κ1) is 17.6. The molecule has 1 heterocycles.